The van der Waals surface area contributed by atoms with Crippen molar-refractivity contribution in [2.24, 2.45) is 0 Å². The molecule has 0 saturated heterocycles. The number of hydrogen-bond donors (Lipinski definition) is 2. The van der Waals surface area contributed by atoms with Crippen LogP contribution in [0.15, 0.2) is 101 Å². The zero-order valence-electron chi connectivity index (χ0n) is 24.4. The van der Waals surface area contributed by atoms with E-state index < -0.39 is 17.2 Å². The van der Waals surface area contributed by atoms with Gasteiger partial charge in [-0.05, 0) is 66.6 Å². The first-order chi connectivity index (χ1) is 21.9. The molecule has 4 aromatic carbocycles. The second-order valence-electron chi connectivity index (χ2n) is 10.3. The average molecular weight is 607 g/mol. The molecule has 11 heteroatoms. The van der Waals surface area contributed by atoms with Gasteiger partial charge in [0, 0.05) is 12.1 Å². The van der Waals surface area contributed by atoms with Gasteiger partial charge in [0.25, 0.3) is 11.5 Å². The summed E-state index contributed by atoms with van der Waals surface area (Å²) in [5.41, 5.74) is 1.66. The molecule has 2 heterocycles. The van der Waals surface area contributed by atoms with Crippen LogP contribution in [0.3, 0.4) is 0 Å². The Balaban J connectivity index is 1.20. The van der Waals surface area contributed by atoms with Crippen LogP contribution in [0, 0.1) is 0 Å². The first-order valence-electron chi connectivity index (χ1n) is 14.4. The van der Waals surface area contributed by atoms with E-state index >= 15 is 0 Å². The predicted octanol–water partition coefficient (Wildman–Crippen LogP) is 3.91. The van der Waals surface area contributed by atoms with Crippen molar-refractivity contribution in [3.05, 3.63) is 129 Å². The Morgan fingerprint density at radius 2 is 1.58 bits per heavy atom. The molecule has 0 spiro atoms. The minimum Gasteiger partial charge on any atom is -0.492 e. The molecule has 0 bridgehead atoms. The molecule has 0 aliphatic carbocycles. The van der Waals surface area contributed by atoms with Gasteiger partial charge in [0.1, 0.15) is 12.3 Å². The highest BCUT2D eigenvalue weighted by atomic mass is 16.7. The minimum absolute atomic E-state index is 0.0452. The molecule has 0 unspecified atom stereocenters. The number of anilines is 1. The van der Waals surface area contributed by atoms with Gasteiger partial charge in [-0.3, -0.25) is 23.5 Å². The van der Waals surface area contributed by atoms with Gasteiger partial charge < -0.3 is 24.8 Å². The Bertz CT molecular complexity index is 2010. The maximum absolute atomic E-state index is 13.7. The molecule has 1 aliphatic rings. The van der Waals surface area contributed by atoms with Crippen LogP contribution in [0.1, 0.15) is 28.4 Å². The van der Waals surface area contributed by atoms with Gasteiger partial charge in [-0.25, -0.2) is 4.79 Å². The van der Waals surface area contributed by atoms with Crippen LogP contribution >= 0.6 is 0 Å². The number of nitrogens with one attached hydrogen (secondary N) is 2. The van der Waals surface area contributed by atoms with Crippen LogP contribution in [-0.4, -0.2) is 34.3 Å². The number of hydrogen-bond acceptors (Lipinski definition) is 7. The zero-order valence-corrected chi connectivity index (χ0v) is 24.4. The Kier molecular flexibility index (Phi) is 8.32. The number of aromatic nitrogens is 2. The number of carbonyl (C=O) groups is 2. The third-order valence-electron chi connectivity index (χ3n) is 7.34. The molecule has 45 heavy (non-hydrogen) atoms. The Hall–Kier alpha value is -5.84. The highest BCUT2D eigenvalue weighted by molar-refractivity contribution is 5.94. The van der Waals surface area contributed by atoms with Crippen LogP contribution in [-0.2, 0) is 24.4 Å². The molecule has 5 aromatic rings. The summed E-state index contributed by atoms with van der Waals surface area (Å²) in [7, 11) is 0. The number of para-hydroxylation sites is 3. The van der Waals surface area contributed by atoms with E-state index in [0.717, 1.165) is 10.1 Å². The lowest BCUT2D eigenvalue weighted by Crippen LogP contribution is -2.42. The minimum atomic E-state index is -0.627. The largest absolute Gasteiger partial charge is 0.492 e. The quantitative estimate of drug-likeness (QED) is 0.247. The highest BCUT2D eigenvalue weighted by Crippen LogP contribution is 2.32. The standard InChI is InChI=1S/C34H30N4O7/c1-2-43-28-10-6-4-8-26(28)36-31(39)20-37-27-9-5-3-7-25(27)33(41)38(34(37)42)19-22-11-14-24(15-12-22)32(40)35-18-23-13-16-29-30(17-23)45-21-44-29/h3-17H,2,18-21H2,1H3,(H,35,40)(H,36,39). The lowest BCUT2D eigenvalue weighted by molar-refractivity contribution is -0.116. The number of fused-ring (bicyclic) bond motifs is 2. The number of nitrogens with zero attached hydrogens (tertiary/aromatic N) is 2. The molecule has 228 valence electrons. The molecule has 1 aromatic heterocycles. The van der Waals surface area contributed by atoms with E-state index in [4.69, 9.17) is 14.2 Å². The normalized spacial score (nSPS) is 11.8. The average Bonchev–Trinajstić information content (AvgIpc) is 3.53. The monoisotopic (exact) mass is 606 g/mol. The van der Waals surface area contributed by atoms with Gasteiger partial charge in [-0.15, -0.1) is 0 Å². The molecule has 0 fully saturated rings. The van der Waals surface area contributed by atoms with E-state index in [9.17, 15) is 19.2 Å². The van der Waals surface area contributed by atoms with Crippen molar-refractivity contribution in [3.63, 3.8) is 0 Å². The number of benzene rings is 4. The van der Waals surface area contributed by atoms with Gasteiger partial charge in [-0.1, -0.05) is 42.5 Å². The number of carbonyl (C=O) groups excluding carboxylic acids is 2. The van der Waals surface area contributed by atoms with E-state index in [-0.39, 0.29) is 25.8 Å². The predicted molar refractivity (Wildman–Crippen MR) is 168 cm³/mol. The van der Waals surface area contributed by atoms with Crippen LogP contribution in [0.25, 0.3) is 10.9 Å². The van der Waals surface area contributed by atoms with Crippen LogP contribution < -0.4 is 36.1 Å². The Labute approximate surface area is 257 Å². The van der Waals surface area contributed by atoms with Crippen molar-refractivity contribution in [3.8, 4) is 17.2 Å². The van der Waals surface area contributed by atoms with E-state index in [1.54, 1.807) is 78.9 Å². The second-order valence-corrected chi connectivity index (χ2v) is 10.3. The maximum atomic E-state index is 13.7. The van der Waals surface area contributed by atoms with Gasteiger partial charge in [0.15, 0.2) is 11.5 Å². The third kappa shape index (κ3) is 6.28. The lowest BCUT2D eigenvalue weighted by atomic mass is 10.1. The molecule has 6 rings (SSSR count). The van der Waals surface area contributed by atoms with Crippen molar-refractivity contribution >= 4 is 28.4 Å². The molecule has 0 atom stereocenters. The fourth-order valence-corrected chi connectivity index (χ4v) is 5.13. The summed E-state index contributed by atoms with van der Waals surface area (Å²) in [6, 6.07) is 25.9. The number of rotatable bonds is 10. The summed E-state index contributed by atoms with van der Waals surface area (Å²) in [5.74, 6) is 1.10. The highest BCUT2D eigenvalue weighted by Gasteiger charge is 2.17. The summed E-state index contributed by atoms with van der Waals surface area (Å²) in [6.45, 7) is 2.39. The maximum Gasteiger partial charge on any atom is 0.332 e. The molecule has 2 N–H and O–H groups in total. The number of ether oxygens (including phenoxy) is 3. The van der Waals surface area contributed by atoms with Gasteiger partial charge in [0.2, 0.25) is 12.7 Å². The van der Waals surface area contributed by atoms with E-state index in [1.807, 2.05) is 19.1 Å². The van der Waals surface area contributed by atoms with Crippen LogP contribution in [0.5, 0.6) is 17.2 Å². The first-order valence-corrected chi connectivity index (χ1v) is 14.4. The fraction of sp³-hybridized carbons (Fsp3) is 0.176. The van der Waals surface area contributed by atoms with Gasteiger partial charge >= 0.3 is 5.69 Å². The second kappa shape index (κ2) is 12.8. The SMILES string of the molecule is CCOc1ccccc1NC(=O)Cn1c(=O)n(Cc2ccc(C(=O)NCc3ccc4c(c3)OCO4)cc2)c(=O)c2ccccc21. The third-order valence-corrected chi connectivity index (χ3v) is 7.34. The van der Waals surface area contributed by atoms with E-state index in [0.29, 0.717) is 58.1 Å². The molecule has 11 nitrogen and oxygen atoms in total. The zero-order chi connectivity index (χ0) is 31.3. The van der Waals surface area contributed by atoms with Crippen molar-refractivity contribution in [1.29, 1.82) is 0 Å². The summed E-state index contributed by atoms with van der Waals surface area (Å²) >= 11 is 0. The van der Waals surface area contributed by atoms with E-state index in [2.05, 4.69) is 10.6 Å². The van der Waals surface area contributed by atoms with Gasteiger partial charge in [0.05, 0.1) is 29.7 Å². The van der Waals surface area contributed by atoms with Gasteiger partial charge in [-0.2, -0.15) is 0 Å². The molecular formula is C34H30N4O7. The fourth-order valence-electron chi connectivity index (χ4n) is 5.13. The Morgan fingerprint density at radius 1 is 0.844 bits per heavy atom. The summed E-state index contributed by atoms with van der Waals surface area (Å²) in [6.07, 6.45) is 0. The van der Waals surface area contributed by atoms with Crippen molar-refractivity contribution in [1.82, 2.24) is 14.5 Å². The first kappa shape index (κ1) is 29.2. The molecule has 0 saturated carbocycles. The van der Waals surface area contributed by atoms with Crippen LogP contribution in [0.4, 0.5) is 5.69 Å². The Morgan fingerprint density at radius 3 is 2.40 bits per heavy atom. The summed E-state index contributed by atoms with van der Waals surface area (Å²) in [5, 5.41) is 5.99. The van der Waals surface area contributed by atoms with Crippen molar-refractivity contribution in [2.75, 3.05) is 18.7 Å². The smallest absolute Gasteiger partial charge is 0.332 e. The van der Waals surface area contributed by atoms with Crippen molar-refractivity contribution < 1.29 is 23.8 Å². The molecule has 1 aliphatic heterocycles. The summed E-state index contributed by atoms with van der Waals surface area (Å²) < 4.78 is 18.7. The molecule has 0 radical (unpaired) electrons. The van der Waals surface area contributed by atoms with E-state index in [1.165, 1.54) is 4.57 Å². The van der Waals surface area contributed by atoms with Crippen molar-refractivity contribution in [2.45, 2.75) is 26.6 Å². The number of amides is 2. The summed E-state index contributed by atoms with van der Waals surface area (Å²) in [4.78, 5) is 53.0. The molecular weight excluding hydrogens is 576 g/mol. The van der Waals surface area contributed by atoms with Crippen LogP contribution in [0.2, 0.25) is 0 Å². The topological polar surface area (TPSA) is 130 Å². The molecule has 2 amide bonds. The lowest BCUT2D eigenvalue weighted by Gasteiger charge is -2.15.